The van der Waals surface area contributed by atoms with Crippen molar-refractivity contribution in [1.82, 2.24) is 4.98 Å². The van der Waals surface area contributed by atoms with Gasteiger partial charge in [0.2, 0.25) is 11.7 Å². The maximum Gasteiger partial charge on any atom is 0.225 e. The Labute approximate surface area is 136 Å². The van der Waals surface area contributed by atoms with E-state index in [0.29, 0.717) is 22.3 Å². The number of rotatable bonds is 3. The number of thioether (sulfide) groups is 1. The number of hydrogen-bond acceptors (Lipinski definition) is 5. The molecule has 1 aromatic carbocycles. The van der Waals surface area contributed by atoms with Gasteiger partial charge >= 0.3 is 0 Å². The molecular formula is C16H14N2O2S2. The molecule has 0 aliphatic carbocycles. The summed E-state index contributed by atoms with van der Waals surface area (Å²) in [5.41, 5.74) is 1.46. The highest BCUT2D eigenvalue weighted by Gasteiger charge is 2.25. The maximum atomic E-state index is 12.3. The molecule has 0 saturated carbocycles. The van der Waals surface area contributed by atoms with Crippen LogP contribution in [0.4, 0.5) is 5.13 Å². The molecule has 22 heavy (non-hydrogen) atoms. The number of carbonyl (C=O) groups excluding carboxylic acids is 2. The van der Waals surface area contributed by atoms with Crippen molar-refractivity contribution in [3.8, 4) is 0 Å². The molecule has 0 saturated heterocycles. The number of Topliss-reactive ketones (excluding diaryl/α,β-unsaturated/α-hetero) is 1. The molecule has 2 heterocycles. The minimum absolute atomic E-state index is 0.0326. The lowest BCUT2D eigenvalue weighted by Gasteiger charge is -2.14. The fourth-order valence-corrected chi connectivity index (χ4v) is 4.16. The predicted octanol–water partition coefficient (Wildman–Crippen LogP) is 3.85. The summed E-state index contributed by atoms with van der Waals surface area (Å²) in [6, 6.07) is 7.58. The Morgan fingerprint density at radius 1 is 1.36 bits per heavy atom. The van der Waals surface area contributed by atoms with Gasteiger partial charge in [-0.15, -0.1) is 11.3 Å². The first-order valence-electron chi connectivity index (χ1n) is 6.87. The molecule has 1 amide bonds. The second-order valence-corrected chi connectivity index (χ2v) is 6.67. The zero-order valence-corrected chi connectivity index (χ0v) is 13.8. The van der Waals surface area contributed by atoms with Gasteiger partial charge < -0.3 is 0 Å². The number of fused-ring (bicyclic) bond motifs is 1. The Kier molecular flexibility index (Phi) is 4.13. The Morgan fingerprint density at radius 2 is 2.14 bits per heavy atom. The molecule has 1 aromatic heterocycles. The normalized spacial score (nSPS) is 15.2. The highest BCUT2D eigenvalue weighted by atomic mass is 32.2. The molecule has 0 radical (unpaired) electrons. The molecule has 1 aliphatic rings. The second-order valence-electron chi connectivity index (χ2n) is 4.75. The van der Waals surface area contributed by atoms with Gasteiger partial charge in [0.15, 0.2) is 5.13 Å². The van der Waals surface area contributed by atoms with E-state index in [2.05, 4.69) is 4.98 Å². The molecule has 0 bridgehead atoms. The summed E-state index contributed by atoms with van der Waals surface area (Å²) in [6.45, 7) is 4.02. The summed E-state index contributed by atoms with van der Waals surface area (Å²) in [5, 5.41) is 2.53. The van der Waals surface area contributed by atoms with Crippen LogP contribution in [0.1, 0.15) is 29.9 Å². The number of thiazole rings is 1. The molecule has 0 atom stereocenters. The van der Waals surface area contributed by atoms with E-state index in [1.54, 1.807) is 11.0 Å². The van der Waals surface area contributed by atoms with E-state index in [1.807, 2.05) is 36.6 Å². The molecule has 4 nitrogen and oxygen atoms in total. The zero-order chi connectivity index (χ0) is 15.7. The fraction of sp³-hybridized carbons (Fsp3) is 0.188. The van der Waals surface area contributed by atoms with Crippen molar-refractivity contribution in [3.63, 3.8) is 0 Å². The summed E-state index contributed by atoms with van der Waals surface area (Å²) in [6.07, 6.45) is 1.79. The van der Waals surface area contributed by atoms with Crippen LogP contribution < -0.4 is 4.90 Å². The molecular weight excluding hydrogens is 316 g/mol. The fourth-order valence-electron chi connectivity index (χ4n) is 2.23. The zero-order valence-electron chi connectivity index (χ0n) is 12.2. The third-order valence-electron chi connectivity index (χ3n) is 3.29. The highest BCUT2D eigenvalue weighted by Crippen LogP contribution is 2.40. The van der Waals surface area contributed by atoms with E-state index in [-0.39, 0.29) is 11.7 Å². The van der Waals surface area contributed by atoms with Crippen LogP contribution in [-0.2, 0) is 4.79 Å². The van der Waals surface area contributed by atoms with E-state index >= 15 is 0 Å². The summed E-state index contributed by atoms with van der Waals surface area (Å²) in [7, 11) is 0. The van der Waals surface area contributed by atoms with E-state index in [4.69, 9.17) is 0 Å². The van der Waals surface area contributed by atoms with Crippen molar-refractivity contribution in [2.45, 2.75) is 18.7 Å². The molecule has 112 valence electrons. The Morgan fingerprint density at radius 3 is 2.82 bits per heavy atom. The summed E-state index contributed by atoms with van der Waals surface area (Å²) in [4.78, 5) is 31.6. The van der Waals surface area contributed by atoms with Crippen molar-refractivity contribution in [2.75, 3.05) is 11.4 Å². The lowest BCUT2D eigenvalue weighted by Crippen LogP contribution is -2.27. The minimum Gasteiger partial charge on any atom is -0.289 e. The van der Waals surface area contributed by atoms with Crippen LogP contribution in [0.3, 0.4) is 0 Å². The quantitative estimate of drug-likeness (QED) is 0.802. The van der Waals surface area contributed by atoms with Gasteiger partial charge in [0.25, 0.3) is 0 Å². The minimum atomic E-state index is -0.0326. The average molecular weight is 330 g/mol. The molecule has 0 unspecified atom stereocenters. The number of carbonyl (C=O) groups is 2. The number of allylic oxidation sites excluding steroid dienone is 1. The highest BCUT2D eigenvalue weighted by molar-refractivity contribution is 8.04. The summed E-state index contributed by atoms with van der Waals surface area (Å²) in [5.74, 6) is 0.00356. The Balaban J connectivity index is 1.87. The molecule has 3 rings (SSSR count). The van der Waals surface area contributed by atoms with Gasteiger partial charge in [0, 0.05) is 29.3 Å². The van der Waals surface area contributed by atoms with Gasteiger partial charge in [0.1, 0.15) is 0 Å². The van der Waals surface area contributed by atoms with Gasteiger partial charge in [-0.25, -0.2) is 4.98 Å². The van der Waals surface area contributed by atoms with Gasteiger partial charge in [-0.05, 0) is 25.1 Å². The molecule has 2 aromatic rings. The lowest BCUT2D eigenvalue weighted by atomic mass is 10.1. The number of anilines is 1. The monoisotopic (exact) mass is 330 g/mol. The molecule has 6 heteroatoms. The van der Waals surface area contributed by atoms with Crippen LogP contribution in [0, 0.1) is 0 Å². The van der Waals surface area contributed by atoms with E-state index < -0.39 is 0 Å². The van der Waals surface area contributed by atoms with E-state index in [1.165, 1.54) is 30.0 Å². The summed E-state index contributed by atoms with van der Waals surface area (Å²) < 4.78 is 0. The van der Waals surface area contributed by atoms with Crippen molar-refractivity contribution in [1.29, 1.82) is 0 Å². The van der Waals surface area contributed by atoms with Gasteiger partial charge in [-0.1, -0.05) is 23.9 Å². The first-order chi connectivity index (χ1) is 10.6. The third kappa shape index (κ3) is 2.71. The molecule has 0 N–H and O–H groups in total. The topological polar surface area (TPSA) is 50.3 Å². The van der Waals surface area contributed by atoms with Crippen LogP contribution in [0.15, 0.2) is 39.4 Å². The Hall–Kier alpha value is -1.92. The SMILES string of the molecule is CCN(C(C)=O)c1nc(/C=C2/Sc3ccccc3C2=O)cs1. The molecule has 0 fully saturated rings. The first-order valence-corrected chi connectivity index (χ1v) is 8.56. The van der Waals surface area contributed by atoms with Crippen molar-refractivity contribution in [3.05, 3.63) is 45.8 Å². The van der Waals surface area contributed by atoms with Crippen LogP contribution in [0.5, 0.6) is 0 Å². The number of amides is 1. The molecule has 1 aliphatic heterocycles. The predicted molar refractivity (Wildman–Crippen MR) is 90.4 cm³/mol. The first kappa shape index (κ1) is 15.0. The Bertz CT molecular complexity index is 780. The number of nitrogens with zero attached hydrogens (tertiary/aromatic N) is 2. The third-order valence-corrected chi connectivity index (χ3v) is 5.27. The number of benzene rings is 1. The average Bonchev–Trinajstić information content (AvgIpc) is 3.06. The lowest BCUT2D eigenvalue weighted by molar-refractivity contribution is -0.116. The van der Waals surface area contributed by atoms with Crippen LogP contribution in [-0.4, -0.2) is 23.2 Å². The van der Waals surface area contributed by atoms with Gasteiger partial charge in [0.05, 0.1) is 10.6 Å². The van der Waals surface area contributed by atoms with Crippen LogP contribution in [0.25, 0.3) is 6.08 Å². The van der Waals surface area contributed by atoms with E-state index in [0.717, 1.165) is 10.5 Å². The number of ketones is 1. The van der Waals surface area contributed by atoms with Gasteiger partial charge in [-0.3, -0.25) is 14.5 Å². The smallest absolute Gasteiger partial charge is 0.225 e. The molecule has 0 spiro atoms. The van der Waals surface area contributed by atoms with Crippen molar-refractivity contribution < 1.29 is 9.59 Å². The van der Waals surface area contributed by atoms with Gasteiger partial charge in [-0.2, -0.15) is 0 Å². The standard InChI is InChI=1S/C16H14N2O2S2/c1-3-18(10(2)19)16-17-11(9-21-16)8-14-15(20)12-6-4-5-7-13(12)22-14/h4-9H,3H2,1-2H3/b14-8+. The largest absolute Gasteiger partial charge is 0.289 e. The number of aromatic nitrogens is 1. The van der Waals surface area contributed by atoms with E-state index in [9.17, 15) is 9.59 Å². The van der Waals surface area contributed by atoms with Crippen LogP contribution >= 0.6 is 23.1 Å². The maximum absolute atomic E-state index is 12.3. The summed E-state index contributed by atoms with van der Waals surface area (Å²) >= 11 is 2.87. The number of hydrogen-bond donors (Lipinski definition) is 0. The van der Waals surface area contributed by atoms with Crippen molar-refractivity contribution >= 4 is 46.0 Å². The van der Waals surface area contributed by atoms with Crippen LogP contribution in [0.2, 0.25) is 0 Å². The van der Waals surface area contributed by atoms with Crippen molar-refractivity contribution in [2.24, 2.45) is 0 Å². The second kappa shape index (κ2) is 6.06.